The second-order valence-corrected chi connectivity index (χ2v) is 3.58. The molecule has 0 aliphatic rings. The average Bonchev–Trinajstić information content (AvgIpc) is 2.40. The summed E-state index contributed by atoms with van der Waals surface area (Å²) in [6, 6.07) is 5.60. The van der Waals surface area contributed by atoms with Crippen molar-refractivity contribution >= 4 is 10.8 Å². The van der Waals surface area contributed by atoms with Gasteiger partial charge in [-0.25, -0.2) is 8.78 Å². The molecule has 18 heavy (non-hydrogen) atoms. The summed E-state index contributed by atoms with van der Waals surface area (Å²) in [6.07, 6.45) is 5.91. The maximum Gasteiger partial charge on any atom is 0.139 e. The van der Waals surface area contributed by atoms with Crippen molar-refractivity contribution in [2.45, 2.75) is 27.2 Å². The molecule has 0 radical (unpaired) electrons. The number of hydrogen-bond acceptors (Lipinski definition) is 0. The fourth-order valence-electron chi connectivity index (χ4n) is 1.91. The lowest BCUT2D eigenvalue weighted by molar-refractivity contribution is 0.622. The zero-order valence-corrected chi connectivity index (χ0v) is 10.8. The van der Waals surface area contributed by atoms with Crippen LogP contribution in [-0.2, 0) is 6.42 Å². The first-order chi connectivity index (χ1) is 8.67. The molecular formula is C16H16F2. The van der Waals surface area contributed by atoms with Crippen molar-refractivity contribution < 1.29 is 8.78 Å². The standard InChI is InChI=1S/C14H10F2.C2H6/c1-3-9-7-11(15)8-10-5-6-13(16)12(4-2)14(9)10;1-2/h2,5-8H,3H2,1H3;1-2H3. The summed E-state index contributed by atoms with van der Waals surface area (Å²) < 4.78 is 26.8. The zero-order chi connectivity index (χ0) is 13.7. The van der Waals surface area contributed by atoms with Gasteiger partial charge in [0.1, 0.15) is 11.6 Å². The first-order valence-electron chi connectivity index (χ1n) is 6.04. The Bertz CT molecular complexity index is 592. The van der Waals surface area contributed by atoms with Crippen LogP contribution in [0.5, 0.6) is 0 Å². The molecule has 94 valence electrons. The van der Waals surface area contributed by atoms with Gasteiger partial charge < -0.3 is 0 Å². The molecule has 2 rings (SSSR count). The van der Waals surface area contributed by atoms with Crippen LogP contribution in [0.3, 0.4) is 0 Å². The fraction of sp³-hybridized carbons (Fsp3) is 0.250. The van der Waals surface area contributed by atoms with E-state index in [0.29, 0.717) is 17.2 Å². The van der Waals surface area contributed by atoms with Crippen LogP contribution in [-0.4, -0.2) is 0 Å². The smallest absolute Gasteiger partial charge is 0.139 e. The molecule has 0 aliphatic carbocycles. The monoisotopic (exact) mass is 246 g/mol. The Kier molecular flexibility index (Phi) is 4.85. The molecule has 2 heteroatoms. The van der Waals surface area contributed by atoms with E-state index in [9.17, 15) is 8.78 Å². The molecule has 0 fully saturated rings. The summed E-state index contributed by atoms with van der Waals surface area (Å²) in [7, 11) is 0. The SMILES string of the molecule is C#Cc1c(F)ccc2cc(F)cc(CC)c12.CC. The number of rotatable bonds is 1. The van der Waals surface area contributed by atoms with E-state index in [4.69, 9.17) is 6.42 Å². The number of fused-ring (bicyclic) bond motifs is 1. The molecule has 2 aromatic carbocycles. The van der Waals surface area contributed by atoms with Gasteiger partial charge in [-0.15, -0.1) is 6.42 Å². The normalized spacial score (nSPS) is 9.56. The summed E-state index contributed by atoms with van der Waals surface area (Å²) >= 11 is 0. The third kappa shape index (κ3) is 2.51. The van der Waals surface area contributed by atoms with Gasteiger partial charge in [-0.3, -0.25) is 0 Å². The highest BCUT2D eigenvalue weighted by Gasteiger charge is 2.10. The molecule has 0 heterocycles. The van der Waals surface area contributed by atoms with Crippen molar-refractivity contribution in [2.75, 3.05) is 0 Å². The largest absolute Gasteiger partial charge is 0.207 e. The van der Waals surface area contributed by atoms with E-state index in [1.807, 2.05) is 20.8 Å². The number of hydrogen-bond donors (Lipinski definition) is 0. The summed E-state index contributed by atoms with van der Waals surface area (Å²) in [5, 5.41) is 1.29. The highest BCUT2D eigenvalue weighted by atomic mass is 19.1. The summed E-state index contributed by atoms with van der Waals surface area (Å²) in [6.45, 7) is 5.89. The van der Waals surface area contributed by atoms with Crippen molar-refractivity contribution in [1.29, 1.82) is 0 Å². The number of benzene rings is 2. The molecule has 0 saturated carbocycles. The van der Waals surface area contributed by atoms with Crippen LogP contribution in [0.15, 0.2) is 24.3 Å². The molecule has 0 saturated heterocycles. The van der Waals surface area contributed by atoms with Crippen molar-refractivity contribution in [3.63, 3.8) is 0 Å². The molecule has 0 nitrogen and oxygen atoms in total. The summed E-state index contributed by atoms with van der Waals surface area (Å²) in [5.74, 6) is 1.58. The van der Waals surface area contributed by atoms with E-state index in [1.165, 1.54) is 18.2 Å². The van der Waals surface area contributed by atoms with Crippen LogP contribution < -0.4 is 0 Å². The van der Waals surface area contributed by atoms with Crippen molar-refractivity contribution in [3.05, 3.63) is 47.0 Å². The summed E-state index contributed by atoms with van der Waals surface area (Å²) in [5.41, 5.74) is 0.955. The second kappa shape index (κ2) is 6.16. The molecule has 0 bridgehead atoms. The van der Waals surface area contributed by atoms with Crippen LogP contribution in [0, 0.1) is 24.0 Å². The Labute approximate surface area is 107 Å². The van der Waals surface area contributed by atoms with Crippen LogP contribution in [0.1, 0.15) is 31.9 Å². The molecule has 0 atom stereocenters. The molecule has 0 aliphatic heterocycles. The topological polar surface area (TPSA) is 0 Å². The minimum atomic E-state index is -0.434. The molecular weight excluding hydrogens is 230 g/mol. The quantitative estimate of drug-likeness (QED) is 0.640. The van der Waals surface area contributed by atoms with E-state index in [0.717, 1.165) is 5.56 Å². The Morgan fingerprint density at radius 3 is 2.39 bits per heavy atom. The van der Waals surface area contributed by atoms with E-state index in [-0.39, 0.29) is 11.4 Å². The lowest BCUT2D eigenvalue weighted by atomic mass is 9.97. The third-order valence-electron chi connectivity index (χ3n) is 2.64. The first-order valence-corrected chi connectivity index (χ1v) is 6.04. The number of terminal acetylenes is 1. The van der Waals surface area contributed by atoms with E-state index in [2.05, 4.69) is 5.92 Å². The van der Waals surface area contributed by atoms with E-state index >= 15 is 0 Å². The first kappa shape index (κ1) is 14.2. The Hall–Kier alpha value is -1.88. The van der Waals surface area contributed by atoms with Gasteiger partial charge in [0, 0.05) is 5.39 Å². The highest BCUT2D eigenvalue weighted by Crippen LogP contribution is 2.26. The zero-order valence-electron chi connectivity index (χ0n) is 10.8. The van der Waals surface area contributed by atoms with Gasteiger partial charge in [0.25, 0.3) is 0 Å². The predicted molar refractivity (Wildman–Crippen MR) is 72.5 cm³/mol. The maximum atomic E-state index is 13.5. The van der Waals surface area contributed by atoms with Crippen molar-refractivity contribution in [1.82, 2.24) is 0 Å². The minimum Gasteiger partial charge on any atom is -0.207 e. The molecule has 2 aromatic rings. The average molecular weight is 246 g/mol. The molecule has 0 N–H and O–H groups in total. The van der Waals surface area contributed by atoms with Crippen LogP contribution in [0.25, 0.3) is 10.8 Å². The predicted octanol–water partition coefficient (Wildman–Crippen LogP) is 4.69. The van der Waals surface area contributed by atoms with Gasteiger partial charge in [0.05, 0.1) is 5.56 Å². The fourth-order valence-corrected chi connectivity index (χ4v) is 1.91. The lowest BCUT2D eigenvalue weighted by Gasteiger charge is -2.08. The van der Waals surface area contributed by atoms with Crippen LogP contribution in [0.2, 0.25) is 0 Å². The number of aryl methyl sites for hydroxylation is 1. The van der Waals surface area contributed by atoms with Gasteiger partial charge >= 0.3 is 0 Å². The molecule has 0 unspecified atom stereocenters. The Balaban J connectivity index is 0.000000771. The van der Waals surface area contributed by atoms with Gasteiger partial charge in [-0.2, -0.15) is 0 Å². The van der Waals surface area contributed by atoms with Gasteiger partial charge in [0.15, 0.2) is 0 Å². The molecule has 0 spiro atoms. The van der Waals surface area contributed by atoms with E-state index in [1.54, 1.807) is 6.07 Å². The molecule has 0 amide bonds. The van der Waals surface area contributed by atoms with Crippen LogP contribution >= 0.6 is 0 Å². The third-order valence-corrected chi connectivity index (χ3v) is 2.64. The lowest BCUT2D eigenvalue weighted by Crippen LogP contribution is -1.93. The summed E-state index contributed by atoms with van der Waals surface area (Å²) in [4.78, 5) is 0. The van der Waals surface area contributed by atoms with E-state index < -0.39 is 5.82 Å². The Morgan fingerprint density at radius 2 is 1.83 bits per heavy atom. The Morgan fingerprint density at radius 1 is 1.17 bits per heavy atom. The highest BCUT2D eigenvalue weighted by molar-refractivity contribution is 5.91. The van der Waals surface area contributed by atoms with Crippen molar-refractivity contribution in [3.8, 4) is 12.3 Å². The van der Waals surface area contributed by atoms with Crippen molar-refractivity contribution in [2.24, 2.45) is 0 Å². The maximum absolute atomic E-state index is 13.5. The van der Waals surface area contributed by atoms with Gasteiger partial charge in [0.2, 0.25) is 0 Å². The second-order valence-electron chi connectivity index (χ2n) is 3.58. The van der Waals surface area contributed by atoms with Crippen LogP contribution in [0.4, 0.5) is 8.78 Å². The number of halogens is 2. The molecule has 0 aromatic heterocycles. The van der Waals surface area contributed by atoms with Gasteiger partial charge in [-0.05, 0) is 35.6 Å². The van der Waals surface area contributed by atoms with Gasteiger partial charge in [-0.1, -0.05) is 32.8 Å². The minimum absolute atomic E-state index is 0.217.